The highest BCUT2D eigenvalue weighted by atomic mass is 32.1. The second-order valence-electron chi connectivity index (χ2n) is 6.90. The molecule has 0 aliphatic rings. The third-order valence-corrected chi connectivity index (χ3v) is 5.88. The molecule has 0 amide bonds. The van der Waals surface area contributed by atoms with Crippen molar-refractivity contribution in [1.82, 2.24) is 4.98 Å². The molecule has 0 saturated carbocycles. The maximum absolute atomic E-state index is 12.6. The molecule has 0 atom stereocenters. The van der Waals surface area contributed by atoms with Crippen LogP contribution in [0.3, 0.4) is 0 Å². The molecule has 0 bridgehead atoms. The normalized spacial score (nSPS) is 11.0. The topological polar surface area (TPSA) is 139 Å². The van der Waals surface area contributed by atoms with Gasteiger partial charge >= 0.3 is 11.3 Å². The van der Waals surface area contributed by atoms with Crippen LogP contribution < -0.4 is 10.4 Å². The van der Waals surface area contributed by atoms with Crippen LogP contribution in [0.2, 0.25) is 0 Å². The van der Waals surface area contributed by atoms with Gasteiger partial charge in [0.05, 0.1) is 31.7 Å². The number of nitro benzene ring substituents is 2. The minimum absolute atomic E-state index is 0.162. The minimum Gasteiger partial charge on any atom is -0.450 e. The Labute approximate surface area is 187 Å². The van der Waals surface area contributed by atoms with Crippen LogP contribution in [0, 0.1) is 20.2 Å². The van der Waals surface area contributed by atoms with Gasteiger partial charge in [-0.2, -0.15) is 0 Å². The number of ether oxygens (including phenoxy) is 1. The first kappa shape index (κ1) is 20.3. The zero-order valence-electron chi connectivity index (χ0n) is 16.5. The first-order valence-electron chi connectivity index (χ1n) is 9.43. The number of non-ortho nitro benzene ring substituents is 1. The number of thiazole rings is 1. The number of rotatable bonds is 5. The van der Waals surface area contributed by atoms with Crippen LogP contribution in [0.15, 0.2) is 75.9 Å². The fourth-order valence-corrected chi connectivity index (χ4v) is 4.24. The summed E-state index contributed by atoms with van der Waals surface area (Å²) in [5, 5.41) is 23.4. The zero-order valence-corrected chi connectivity index (χ0v) is 17.3. The zero-order chi connectivity index (χ0) is 23.1. The van der Waals surface area contributed by atoms with E-state index >= 15 is 0 Å². The van der Waals surface area contributed by atoms with Crippen LogP contribution in [-0.2, 0) is 0 Å². The van der Waals surface area contributed by atoms with Crippen molar-refractivity contribution in [2.24, 2.45) is 0 Å². The van der Waals surface area contributed by atoms with Crippen LogP contribution in [0.4, 0.5) is 11.4 Å². The first-order chi connectivity index (χ1) is 15.9. The average molecular weight is 461 g/mol. The van der Waals surface area contributed by atoms with Gasteiger partial charge in [0.25, 0.3) is 5.69 Å². The lowest BCUT2D eigenvalue weighted by Gasteiger charge is -2.07. The molecule has 11 heteroatoms. The Morgan fingerprint density at radius 3 is 2.52 bits per heavy atom. The molecule has 0 spiro atoms. The minimum atomic E-state index is -0.770. The van der Waals surface area contributed by atoms with Gasteiger partial charge in [-0.05, 0) is 36.4 Å². The molecule has 0 radical (unpaired) electrons. The second kappa shape index (κ2) is 7.80. The third kappa shape index (κ3) is 3.77. The number of nitrogens with zero attached hydrogens (tertiary/aromatic N) is 3. The van der Waals surface area contributed by atoms with E-state index in [2.05, 4.69) is 4.98 Å². The van der Waals surface area contributed by atoms with Gasteiger partial charge in [0.15, 0.2) is 0 Å². The third-order valence-electron chi connectivity index (χ3n) is 4.81. The molecule has 3 aromatic carbocycles. The van der Waals surface area contributed by atoms with E-state index < -0.39 is 26.8 Å². The van der Waals surface area contributed by atoms with Crippen LogP contribution in [0.5, 0.6) is 11.5 Å². The molecule has 5 aromatic rings. The predicted molar refractivity (Wildman–Crippen MR) is 121 cm³/mol. The Bertz CT molecular complexity index is 1610. The van der Waals surface area contributed by atoms with Crippen LogP contribution >= 0.6 is 11.3 Å². The van der Waals surface area contributed by atoms with Gasteiger partial charge in [0.1, 0.15) is 16.3 Å². The summed E-state index contributed by atoms with van der Waals surface area (Å²) < 4.78 is 12.0. The lowest BCUT2D eigenvalue weighted by atomic mass is 10.2. The van der Waals surface area contributed by atoms with Crippen molar-refractivity contribution < 1.29 is 19.0 Å². The van der Waals surface area contributed by atoms with E-state index in [9.17, 15) is 25.0 Å². The molecule has 0 saturated heterocycles. The number of benzene rings is 3. The maximum Gasteiger partial charge on any atom is 0.346 e. The summed E-state index contributed by atoms with van der Waals surface area (Å²) in [6.07, 6.45) is 0. The molecule has 2 aromatic heterocycles. The summed E-state index contributed by atoms with van der Waals surface area (Å²) in [5.74, 6) is -0.0197. The number of para-hydroxylation sites is 1. The number of aromatic nitrogens is 1. The summed E-state index contributed by atoms with van der Waals surface area (Å²) in [5.41, 5.74) is -0.251. The van der Waals surface area contributed by atoms with E-state index in [0.717, 1.165) is 28.4 Å². The molecule has 10 nitrogen and oxygen atoms in total. The SMILES string of the molecule is O=c1oc2cc(Oc3ccc([N+](=O)[O-])cc3[N+](=O)[O-])ccc2cc1-c1nc2ccccc2s1. The van der Waals surface area contributed by atoms with Gasteiger partial charge in [-0.1, -0.05) is 12.1 Å². The fraction of sp³-hybridized carbons (Fsp3) is 0. The van der Waals surface area contributed by atoms with E-state index in [4.69, 9.17) is 9.15 Å². The summed E-state index contributed by atoms with van der Waals surface area (Å²) >= 11 is 1.38. The van der Waals surface area contributed by atoms with Crippen LogP contribution in [0.25, 0.3) is 31.8 Å². The van der Waals surface area contributed by atoms with E-state index in [-0.39, 0.29) is 17.1 Å². The Balaban J connectivity index is 1.52. The summed E-state index contributed by atoms with van der Waals surface area (Å²) in [6, 6.07) is 16.9. The molecule has 0 unspecified atom stereocenters. The highest BCUT2D eigenvalue weighted by molar-refractivity contribution is 7.21. The first-order valence-corrected chi connectivity index (χ1v) is 10.3. The summed E-state index contributed by atoms with van der Waals surface area (Å²) in [7, 11) is 0. The number of hydrogen-bond donors (Lipinski definition) is 0. The van der Waals surface area contributed by atoms with Crippen LogP contribution in [0.1, 0.15) is 0 Å². The average Bonchev–Trinajstić information content (AvgIpc) is 3.22. The Morgan fingerprint density at radius 2 is 1.76 bits per heavy atom. The highest BCUT2D eigenvalue weighted by Gasteiger charge is 2.21. The van der Waals surface area contributed by atoms with E-state index in [0.29, 0.717) is 16.0 Å². The lowest BCUT2D eigenvalue weighted by molar-refractivity contribution is -0.394. The van der Waals surface area contributed by atoms with Crippen LogP contribution in [-0.4, -0.2) is 14.8 Å². The molecule has 0 N–H and O–H groups in total. The Kier molecular flexibility index (Phi) is 4.79. The lowest BCUT2D eigenvalue weighted by Crippen LogP contribution is -2.02. The summed E-state index contributed by atoms with van der Waals surface area (Å²) in [4.78, 5) is 37.8. The Morgan fingerprint density at radius 1 is 0.939 bits per heavy atom. The molecule has 5 rings (SSSR count). The Hall–Kier alpha value is -4.64. The maximum atomic E-state index is 12.6. The molecule has 33 heavy (non-hydrogen) atoms. The quantitative estimate of drug-likeness (QED) is 0.185. The van der Waals surface area contributed by atoms with Gasteiger partial charge in [0.2, 0.25) is 5.75 Å². The second-order valence-corrected chi connectivity index (χ2v) is 7.93. The molecule has 0 fully saturated rings. The number of hydrogen-bond acceptors (Lipinski definition) is 9. The fourth-order valence-electron chi connectivity index (χ4n) is 3.27. The highest BCUT2D eigenvalue weighted by Crippen LogP contribution is 2.36. The molecular formula is C22H11N3O7S. The van der Waals surface area contributed by atoms with Gasteiger partial charge in [-0.25, -0.2) is 9.78 Å². The smallest absolute Gasteiger partial charge is 0.346 e. The van der Waals surface area contributed by atoms with E-state index in [1.807, 2.05) is 24.3 Å². The van der Waals surface area contributed by atoms with E-state index in [1.165, 1.54) is 17.4 Å². The van der Waals surface area contributed by atoms with Crippen molar-refractivity contribution in [3.8, 4) is 22.1 Å². The van der Waals surface area contributed by atoms with Crippen molar-refractivity contribution in [3.05, 3.63) is 97.4 Å². The van der Waals surface area contributed by atoms with Gasteiger partial charge in [-0.3, -0.25) is 20.2 Å². The number of fused-ring (bicyclic) bond motifs is 2. The molecule has 0 aliphatic heterocycles. The van der Waals surface area contributed by atoms with E-state index in [1.54, 1.807) is 18.2 Å². The molecule has 0 aliphatic carbocycles. The summed E-state index contributed by atoms with van der Waals surface area (Å²) in [6.45, 7) is 0. The molecule has 162 valence electrons. The van der Waals surface area contributed by atoms with Gasteiger partial charge < -0.3 is 9.15 Å². The van der Waals surface area contributed by atoms with Crippen molar-refractivity contribution >= 4 is 43.9 Å². The van der Waals surface area contributed by atoms with Crippen molar-refractivity contribution in [2.75, 3.05) is 0 Å². The van der Waals surface area contributed by atoms with Gasteiger partial charge in [-0.15, -0.1) is 11.3 Å². The standard InChI is InChI=1S/C22H11N3O7S/c26-22-15(21-23-16-3-1-2-4-20(16)33-21)9-12-5-7-14(11-19(12)32-22)31-18-8-6-13(24(27)28)10-17(18)25(29)30/h1-11H. The predicted octanol–water partition coefficient (Wildman–Crippen LogP) is 5.68. The molecule has 2 heterocycles. The monoisotopic (exact) mass is 461 g/mol. The largest absolute Gasteiger partial charge is 0.450 e. The van der Waals surface area contributed by atoms with Crippen molar-refractivity contribution in [2.45, 2.75) is 0 Å². The number of nitro groups is 2. The van der Waals surface area contributed by atoms with Crippen molar-refractivity contribution in [3.63, 3.8) is 0 Å². The van der Waals surface area contributed by atoms with Crippen molar-refractivity contribution in [1.29, 1.82) is 0 Å². The van der Waals surface area contributed by atoms with Gasteiger partial charge in [0, 0.05) is 17.5 Å². The molecular weight excluding hydrogens is 450 g/mol.